The van der Waals surface area contributed by atoms with Crippen molar-refractivity contribution in [2.75, 3.05) is 13.2 Å². The first-order valence-electron chi connectivity index (χ1n) is 7.83. The number of hydrogen-bond acceptors (Lipinski definition) is 2. The lowest BCUT2D eigenvalue weighted by molar-refractivity contribution is -0.120. The molecule has 1 N–H and O–H groups in total. The highest BCUT2D eigenvalue weighted by molar-refractivity contribution is 5.75. The summed E-state index contributed by atoms with van der Waals surface area (Å²) in [6.07, 6.45) is 6.32. The van der Waals surface area contributed by atoms with Gasteiger partial charge in [0.2, 0.25) is 5.91 Å². The van der Waals surface area contributed by atoms with Crippen LogP contribution in [0.3, 0.4) is 0 Å². The zero-order valence-electron chi connectivity index (χ0n) is 12.2. The summed E-state index contributed by atoms with van der Waals surface area (Å²) in [5.74, 6) is 1.91. The first kappa shape index (κ1) is 13.5. The van der Waals surface area contributed by atoms with Gasteiger partial charge in [-0.1, -0.05) is 13.0 Å². The molecule has 20 heavy (non-hydrogen) atoms. The van der Waals surface area contributed by atoms with Crippen LogP contribution in [-0.2, 0) is 17.6 Å². The normalized spacial score (nSPS) is 19.4. The van der Waals surface area contributed by atoms with E-state index in [0.29, 0.717) is 12.3 Å². The number of ether oxygens (including phenoxy) is 1. The first-order chi connectivity index (χ1) is 9.78. The monoisotopic (exact) mass is 273 g/mol. The van der Waals surface area contributed by atoms with Crippen molar-refractivity contribution in [3.63, 3.8) is 0 Å². The van der Waals surface area contributed by atoms with Gasteiger partial charge in [0.15, 0.2) is 0 Å². The van der Waals surface area contributed by atoms with Crippen LogP contribution in [-0.4, -0.2) is 19.1 Å². The van der Waals surface area contributed by atoms with Crippen LogP contribution in [0.25, 0.3) is 0 Å². The van der Waals surface area contributed by atoms with Crippen molar-refractivity contribution >= 4 is 5.91 Å². The Hall–Kier alpha value is -1.51. The van der Waals surface area contributed by atoms with Crippen molar-refractivity contribution in [2.24, 2.45) is 0 Å². The van der Waals surface area contributed by atoms with E-state index in [4.69, 9.17) is 4.74 Å². The van der Waals surface area contributed by atoms with E-state index in [1.165, 1.54) is 29.5 Å². The standard InChI is InChI=1S/C17H23NO2/c1-2-17(19)18-8-3-4-12-5-6-13-10-14-7-9-20-16(14)11-15(12)13/h10-12H,2-9H2,1H3,(H,18,19). The second-order valence-electron chi connectivity index (χ2n) is 5.84. The molecule has 0 radical (unpaired) electrons. The van der Waals surface area contributed by atoms with Gasteiger partial charge in [0.05, 0.1) is 6.61 Å². The minimum absolute atomic E-state index is 0.156. The number of benzene rings is 1. The van der Waals surface area contributed by atoms with Gasteiger partial charge in [0.1, 0.15) is 5.75 Å². The Bertz CT molecular complexity index is 510. The molecule has 0 saturated carbocycles. The van der Waals surface area contributed by atoms with Gasteiger partial charge in [-0.3, -0.25) is 4.79 Å². The van der Waals surface area contributed by atoms with Crippen molar-refractivity contribution in [1.29, 1.82) is 0 Å². The van der Waals surface area contributed by atoms with Gasteiger partial charge < -0.3 is 10.1 Å². The van der Waals surface area contributed by atoms with Crippen LogP contribution < -0.4 is 10.1 Å². The van der Waals surface area contributed by atoms with Crippen LogP contribution in [0.5, 0.6) is 5.75 Å². The van der Waals surface area contributed by atoms with Crippen LogP contribution in [0.4, 0.5) is 0 Å². The van der Waals surface area contributed by atoms with E-state index in [9.17, 15) is 4.79 Å². The van der Waals surface area contributed by atoms with Gasteiger partial charge >= 0.3 is 0 Å². The Labute approximate surface area is 120 Å². The summed E-state index contributed by atoms with van der Waals surface area (Å²) in [6.45, 7) is 3.54. The Morgan fingerprint density at radius 3 is 3.10 bits per heavy atom. The average Bonchev–Trinajstić information content (AvgIpc) is 3.07. The molecule has 3 nitrogen and oxygen atoms in total. The molecule has 3 heteroatoms. The molecule has 0 saturated heterocycles. The highest BCUT2D eigenvalue weighted by Gasteiger charge is 2.25. The number of rotatable bonds is 5. The Kier molecular flexibility index (Phi) is 3.95. The molecular formula is C17H23NO2. The molecule has 1 aliphatic heterocycles. The predicted molar refractivity (Wildman–Crippen MR) is 79.2 cm³/mol. The summed E-state index contributed by atoms with van der Waals surface area (Å²) >= 11 is 0. The Balaban J connectivity index is 1.57. The van der Waals surface area contributed by atoms with Gasteiger partial charge in [-0.05, 0) is 54.4 Å². The fourth-order valence-corrected chi connectivity index (χ4v) is 3.37. The molecule has 1 aromatic carbocycles. The largest absolute Gasteiger partial charge is 0.493 e. The minimum atomic E-state index is 0.156. The lowest BCUT2D eigenvalue weighted by atomic mass is 9.95. The molecule has 0 fully saturated rings. The van der Waals surface area contributed by atoms with E-state index in [1.807, 2.05) is 6.92 Å². The maximum Gasteiger partial charge on any atom is 0.219 e. The molecule has 1 atom stereocenters. The summed E-state index contributed by atoms with van der Waals surface area (Å²) in [7, 11) is 0. The minimum Gasteiger partial charge on any atom is -0.493 e. The third kappa shape index (κ3) is 2.67. The van der Waals surface area contributed by atoms with E-state index in [-0.39, 0.29) is 5.91 Å². The van der Waals surface area contributed by atoms with Crippen LogP contribution in [0, 0.1) is 0 Å². The molecule has 1 aliphatic carbocycles. The van der Waals surface area contributed by atoms with Crippen LogP contribution in [0.2, 0.25) is 0 Å². The molecule has 1 heterocycles. The zero-order chi connectivity index (χ0) is 13.9. The van der Waals surface area contributed by atoms with Crippen molar-refractivity contribution in [3.8, 4) is 5.75 Å². The molecule has 0 spiro atoms. The molecule has 0 aromatic heterocycles. The summed E-state index contributed by atoms with van der Waals surface area (Å²) in [5, 5.41) is 2.96. The van der Waals surface area contributed by atoms with Crippen LogP contribution in [0.15, 0.2) is 12.1 Å². The predicted octanol–water partition coefficient (Wildman–Crippen LogP) is 2.96. The Morgan fingerprint density at radius 1 is 1.35 bits per heavy atom. The van der Waals surface area contributed by atoms with E-state index in [1.54, 1.807) is 0 Å². The molecular weight excluding hydrogens is 250 g/mol. The SMILES string of the molecule is CCC(=O)NCCCC1CCc2cc3c(cc21)OCC3. The summed E-state index contributed by atoms with van der Waals surface area (Å²) in [5.41, 5.74) is 4.41. The smallest absolute Gasteiger partial charge is 0.219 e. The van der Waals surface area contributed by atoms with E-state index in [2.05, 4.69) is 17.4 Å². The average molecular weight is 273 g/mol. The maximum atomic E-state index is 11.2. The Morgan fingerprint density at radius 2 is 2.25 bits per heavy atom. The van der Waals surface area contributed by atoms with Crippen molar-refractivity contribution in [1.82, 2.24) is 5.32 Å². The number of carbonyl (C=O) groups excluding carboxylic acids is 1. The molecule has 0 bridgehead atoms. The second-order valence-corrected chi connectivity index (χ2v) is 5.84. The summed E-state index contributed by atoms with van der Waals surface area (Å²) < 4.78 is 5.69. The number of nitrogens with one attached hydrogen (secondary N) is 1. The fraction of sp³-hybridized carbons (Fsp3) is 0.588. The van der Waals surface area contributed by atoms with Crippen LogP contribution in [0.1, 0.15) is 55.2 Å². The number of amides is 1. The fourth-order valence-electron chi connectivity index (χ4n) is 3.37. The first-order valence-corrected chi connectivity index (χ1v) is 7.83. The number of fused-ring (bicyclic) bond motifs is 2. The molecule has 1 aromatic rings. The van der Waals surface area contributed by atoms with Gasteiger partial charge in [0, 0.05) is 19.4 Å². The number of aryl methyl sites for hydroxylation is 1. The van der Waals surface area contributed by atoms with E-state index >= 15 is 0 Å². The van der Waals surface area contributed by atoms with Crippen LogP contribution >= 0.6 is 0 Å². The van der Waals surface area contributed by atoms with E-state index in [0.717, 1.165) is 38.2 Å². The highest BCUT2D eigenvalue weighted by atomic mass is 16.5. The van der Waals surface area contributed by atoms with Gasteiger partial charge in [-0.25, -0.2) is 0 Å². The lowest BCUT2D eigenvalue weighted by Gasteiger charge is -2.13. The third-order valence-electron chi connectivity index (χ3n) is 4.53. The van der Waals surface area contributed by atoms with Gasteiger partial charge in [0.25, 0.3) is 0 Å². The van der Waals surface area contributed by atoms with Gasteiger partial charge in [-0.2, -0.15) is 0 Å². The highest BCUT2D eigenvalue weighted by Crippen LogP contribution is 2.41. The lowest BCUT2D eigenvalue weighted by Crippen LogP contribution is -2.23. The third-order valence-corrected chi connectivity index (χ3v) is 4.53. The quantitative estimate of drug-likeness (QED) is 0.838. The van der Waals surface area contributed by atoms with Crippen molar-refractivity contribution in [2.45, 2.75) is 51.4 Å². The molecule has 108 valence electrons. The van der Waals surface area contributed by atoms with Crippen molar-refractivity contribution < 1.29 is 9.53 Å². The van der Waals surface area contributed by atoms with E-state index < -0.39 is 0 Å². The van der Waals surface area contributed by atoms with Gasteiger partial charge in [-0.15, -0.1) is 0 Å². The number of carbonyl (C=O) groups is 1. The zero-order valence-corrected chi connectivity index (χ0v) is 12.2. The summed E-state index contributed by atoms with van der Waals surface area (Å²) in [4.78, 5) is 11.2. The second kappa shape index (κ2) is 5.86. The molecule has 2 aliphatic rings. The summed E-state index contributed by atoms with van der Waals surface area (Å²) in [6, 6.07) is 4.64. The molecule has 1 amide bonds. The topological polar surface area (TPSA) is 38.3 Å². The molecule has 3 rings (SSSR count). The number of hydrogen-bond donors (Lipinski definition) is 1. The molecule has 1 unspecified atom stereocenters. The van der Waals surface area contributed by atoms with Crippen molar-refractivity contribution in [3.05, 3.63) is 28.8 Å². The maximum absolute atomic E-state index is 11.2.